The molecule has 1 atom stereocenters. The van der Waals surface area contributed by atoms with E-state index in [0.717, 1.165) is 26.2 Å². The SMILES string of the molecule is CCOCCN1CCN(CCc2ccccc2)CC1CC. The van der Waals surface area contributed by atoms with Crippen LogP contribution in [0.2, 0.25) is 0 Å². The largest absolute Gasteiger partial charge is 0.380 e. The van der Waals surface area contributed by atoms with E-state index in [-0.39, 0.29) is 0 Å². The minimum absolute atomic E-state index is 0.690. The van der Waals surface area contributed by atoms with Crippen LogP contribution in [0.1, 0.15) is 25.8 Å². The van der Waals surface area contributed by atoms with Gasteiger partial charge in [0.1, 0.15) is 0 Å². The topological polar surface area (TPSA) is 15.7 Å². The quantitative estimate of drug-likeness (QED) is 0.685. The van der Waals surface area contributed by atoms with E-state index < -0.39 is 0 Å². The lowest BCUT2D eigenvalue weighted by Gasteiger charge is -2.41. The predicted octanol–water partition coefficient (Wildman–Crippen LogP) is 2.66. The number of piperazine rings is 1. The first-order valence-corrected chi connectivity index (χ1v) is 8.41. The van der Waals surface area contributed by atoms with Gasteiger partial charge in [-0.3, -0.25) is 4.90 Å². The highest BCUT2D eigenvalue weighted by molar-refractivity contribution is 5.14. The van der Waals surface area contributed by atoms with Gasteiger partial charge < -0.3 is 9.64 Å². The van der Waals surface area contributed by atoms with E-state index >= 15 is 0 Å². The van der Waals surface area contributed by atoms with Gasteiger partial charge in [0.15, 0.2) is 0 Å². The average molecular weight is 290 g/mol. The van der Waals surface area contributed by atoms with E-state index in [1.165, 1.54) is 38.2 Å². The summed E-state index contributed by atoms with van der Waals surface area (Å²) in [7, 11) is 0. The van der Waals surface area contributed by atoms with Gasteiger partial charge in [0.05, 0.1) is 6.61 Å². The van der Waals surface area contributed by atoms with Crippen molar-refractivity contribution >= 4 is 0 Å². The Balaban J connectivity index is 1.75. The summed E-state index contributed by atoms with van der Waals surface area (Å²) >= 11 is 0. The molecule has 0 aromatic heterocycles. The summed E-state index contributed by atoms with van der Waals surface area (Å²) in [6, 6.07) is 11.5. The molecule has 0 aliphatic carbocycles. The molecule has 1 aromatic carbocycles. The molecule has 1 fully saturated rings. The number of ether oxygens (including phenoxy) is 1. The average Bonchev–Trinajstić information content (AvgIpc) is 2.55. The third kappa shape index (κ3) is 5.42. The first kappa shape index (κ1) is 16.5. The van der Waals surface area contributed by atoms with Gasteiger partial charge in [-0.25, -0.2) is 0 Å². The molecule has 1 aliphatic rings. The lowest BCUT2D eigenvalue weighted by atomic mass is 10.1. The van der Waals surface area contributed by atoms with Crippen molar-refractivity contribution in [2.45, 2.75) is 32.7 Å². The van der Waals surface area contributed by atoms with Gasteiger partial charge in [0, 0.05) is 45.4 Å². The van der Waals surface area contributed by atoms with Crippen LogP contribution < -0.4 is 0 Å². The van der Waals surface area contributed by atoms with Crippen LogP contribution in [0.4, 0.5) is 0 Å². The van der Waals surface area contributed by atoms with Gasteiger partial charge in [-0.05, 0) is 25.3 Å². The number of hydrogen-bond acceptors (Lipinski definition) is 3. The van der Waals surface area contributed by atoms with E-state index in [0.29, 0.717) is 6.04 Å². The Bertz CT molecular complexity index is 382. The second kappa shape index (κ2) is 9.19. The molecular weight excluding hydrogens is 260 g/mol. The fourth-order valence-electron chi connectivity index (χ4n) is 3.10. The molecule has 21 heavy (non-hydrogen) atoms. The number of hydrogen-bond donors (Lipinski definition) is 0. The summed E-state index contributed by atoms with van der Waals surface area (Å²) < 4.78 is 5.51. The molecule has 1 aliphatic heterocycles. The van der Waals surface area contributed by atoms with E-state index in [1.54, 1.807) is 0 Å². The summed E-state index contributed by atoms with van der Waals surface area (Å²) in [5.74, 6) is 0. The van der Waals surface area contributed by atoms with E-state index in [9.17, 15) is 0 Å². The Morgan fingerprint density at radius 2 is 1.90 bits per heavy atom. The van der Waals surface area contributed by atoms with Crippen LogP contribution in [0.15, 0.2) is 30.3 Å². The highest BCUT2D eigenvalue weighted by atomic mass is 16.5. The molecule has 1 heterocycles. The predicted molar refractivity (Wildman–Crippen MR) is 88.7 cm³/mol. The van der Waals surface area contributed by atoms with Gasteiger partial charge >= 0.3 is 0 Å². The molecule has 0 spiro atoms. The van der Waals surface area contributed by atoms with E-state index in [1.807, 2.05) is 0 Å². The standard InChI is InChI=1S/C18H30N2O/c1-3-18-16-19(11-10-17-8-6-5-7-9-17)12-13-20(18)14-15-21-4-2/h5-9,18H,3-4,10-16H2,1-2H3. The van der Waals surface area contributed by atoms with Gasteiger partial charge in [-0.2, -0.15) is 0 Å². The summed E-state index contributed by atoms with van der Waals surface area (Å²) in [6.45, 7) is 11.9. The first-order chi connectivity index (χ1) is 10.3. The number of benzene rings is 1. The summed E-state index contributed by atoms with van der Waals surface area (Å²) in [5.41, 5.74) is 1.45. The molecule has 0 bridgehead atoms. The van der Waals surface area contributed by atoms with Crippen LogP contribution in [-0.4, -0.2) is 61.8 Å². The molecular formula is C18H30N2O. The Kier molecular flexibility index (Phi) is 7.20. The molecule has 1 saturated heterocycles. The second-order valence-electron chi connectivity index (χ2n) is 5.83. The van der Waals surface area contributed by atoms with Gasteiger partial charge in [0.2, 0.25) is 0 Å². The van der Waals surface area contributed by atoms with Crippen LogP contribution in [0.3, 0.4) is 0 Å². The molecule has 3 heteroatoms. The minimum Gasteiger partial charge on any atom is -0.380 e. The summed E-state index contributed by atoms with van der Waals surface area (Å²) in [4.78, 5) is 5.23. The van der Waals surface area contributed by atoms with Crippen LogP contribution in [0.5, 0.6) is 0 Å². The lowest BCUT2D eigenvalue weighted by molar-refractivity contribution is 0.0417. The Morgan fingerprint density at radius 1 is 1.10 bits per heavy atom. The Hall–Kier alpha value is -0.900. The second-order valence-corrected chi connectivity index (χ2v) is 5.83. The Morgan fingerprint density at radius 3 is 2.62 bits per heavy atom. The van der Waals surface area contributed by atoms with E-state index in [4.69, 9.17) is 4.74 Å². The maximum absolute atomic E-state index is 5.51. The highest BCUT2D eigenvalue weighted by Crippen LogP contribution is 2.13. The maximum Gasteiger partial charge on any atom is 0.0593 e. The van der Waals surface area contributed by atoms with Crippen LogP contribution in [-0.2, 0) is 11.2 Å². The molecule has 0 saturated carbocycles. The van der Waals surface area contributed by atoms with E-state index in [2.05, 4.69) is 54.0 Å². The molecule has 118 valence electrons. The lowest BCUT2D eigenvalue weighted by Crippen LogP contribution is -2.53. The van der Waals surface area contributed by atoms with Crippen molar-refractivity contribution in [2.24, 2.45) is 0 Å². The van der Waals surface area contributed by atoms with Crippen molar-refractivity contribution in [3.8, 4) is 0 Å². The molecule has 2 rings (SSSR count). The number of nitrogens with zero attached hydrogens (tertiary/aromatic N) is 2. The third-order valence-corrected chi connectivity index (χ3v) is 4.45. The fourth-order valence-corrected chi connectivity index (χ4v) is 3.10. The first-order valence-electron chi connectivity index (χ1n) is 8.41. The van der Waals surface area contributed by atoms with Crippen LogP contribution in [0, 0.1) is 0 Å². The van der Waals surface area contributed by atoms with Gasteiger partial charge in [0.25, 0.3) is 0 Å². The van der Waals surface area contributed by atoms with Crippen molar-refractivity contribution in [3.05, 3.63) is 35.9 Å². The van der Waals surface area contributed by atoms with Crippen molar-refractivity contribution in [3.63, 3.8) is 0 Å². The zero-order valence-corrected chi connectivity index (χ0v) is 13.6. The molecule has 0 amide bonds. The third-order valence-electron chi connectivity index (χ3n) is 4.45. The molecule has 1 unspecified atom stereocenters. The zero-order chi connectivity index (χ0) is 14.9. The van der Waals surface area contributed by atoms with Crippen LogP contribution in [0.25, 0.3) is 0 Å². The summed E-state index contributed by atoms with van der Waals surface area (Å²) in [6.07, 6.45) is 2.39. The maximum atomic E-state index is 5.51. The van der Waals surface area contributed by atoms with Crippen LogP contribution >= 0.6 is 0 Å². The van der Waals surface area contributed by atoms with Crippen molar-refractivity contribution < 1.29 is 4.74 Å². The fraction of sp³-hybridized carbons (Fsp3) is 0.667. The van der Waals surface area contributed by atoms with Gasteiger partial charge in [-0.1, -0.05) is 37.3 Å². The monoisotopic (exact) mass is 290 g/mol. The molecule has 1 aromatic rings. The van der Waals surface area contributed by atoms with Crippen molar-refractivity contribution in [1.29, 1.82) is 0 Å². The Labute approximate surface area is 129 Å². The van der Waals surface area contributed by atoms with Gasteiger partial charge in [-0.15, -0.1) is 0 Å². The summed E-state index contributed by atoms with van der Waals surface area (Å²) in [5, 5.41) is 0. The molecule has 0 N–H and O–H groups in total. The molecule has 3 nitrogen and oxygen atoms in total. The normalized spacial score (nSPS) is 20.8. The van der Waals surface area contributed by atoms with Crippen molar-refractivity contribution in [1.82, 2.24) is 9.80 Å². The highest BCUT2D eigenvalue weighted by Gasteiger charge is 2.24. The smallest absolute Gasteiger partial charge is 0.0593 e. The zero-order valence-electron chi connectivity index (χ0n) is 13.6. The number of rotatable bonds is 8. The van der Waals surface area contributed by atoms with Crippen molar-refractivity contribution in [2.75, 3.05) is 45.9 Å². The molecule has 0 radical (unpaired) electrons. The minimum atomic E-state index is 0.690.